The number of hydrazine groups is 1. The molecular formula is C10H18N4. The average molecular weight is 194 g/mol. The first-order valence-electron chi connectivity index (χ1n) is 4.79. The van der Waals surface area contributed by atoms with E-state index >= 15 is 0 Å². The molecule has 1 aromatic rings. The number of imidazole rings is 1. The van der Waals surface area contributed by atoms with Gasteiger partial charge in [-0.1, -0.05) is 19.1 Å². The minimum absolute atomic E-state index is 0.0578. The summed E-state index contributed by atoms with van der Waals surface area (Å²) < 4.78 is 1.97. The Bertz CT molecular complexity index is 303. The van der Waals surface area contributed by atoms with Crippen molar-refractivity contribution in [2.24, 2.45) is 12.9 Å². The van der Waals surface area contributed by atoms with E-state index in [1.807, 2.05) is 17.8 Å². The average Bonchev–Trinajstić information content (AvgIpc) is 2.60. The lowest BCUT2D eigenvalue weighted by molar-refractivity contribution is 0.502. The van der Waals surface area contributed by atoms with Gasteiger partial charge >= 0.3 is 0 Å². The molecule has 1 heterocycles. The second kappa shape index (κ2) is 4.93. The highest BCUT2D eigenvalue weighted by molar-refractivity contribution is 5.05. The third-order valence-electron chi connectivity index (χ3n) is 2.36. The Morgan fingerprint density at radius 1 is 1.79 bits per heavy atom. The van der Waals surface area contributed by atoms with Crippen molar-refractivity contribution in [2.45, 2.75) is 25.8 Å². The van der Waals surface area contributed by atoms with Crippen LogP contribution in [0.5, 0.6) is 0 Å². The van der Waals surface area contributed by atoms with Crippen LogP contribution >= 0.6 is 0 Å². The van der Waals surface area contributed by atoms with Crippen LogP contribution in [0.4, 0.5) is 0 Å². The maximum Gasteiger partial charge on any atom is 0.127 e. The van der Waals surface area contributed by atoms with Crippen molar-refractivity contribution >= 4 is 0 Å². The van der Waals surface area contributed by atoms with Crippen LogP contribution in [-0.2, 0) is 7.05 Å². The summed E-state index contributed by atoms with van der Waals surface area (Å²) in [6.45, 7) is 6.06. The quantitative estimate of drug-likeness (QED) is 0.422. The van der Waals surface area contributed by atoms with Crippen LogP contribution in [0.3, 0.4) is 0 Å². The highest BCUT2D eigenvalue weighted by atomic mass is 15.3. The van der Waals surface area contributed by atoms with Gasteiger partial charge in [0.25, 0.3) is 0 Å². The number of nitrogens with one attached hydrogen (secondary N) is 1. The van der Waals surface area contributed by atoms with Gasteiger partial charge in [-0.2, -0.15) is 0 Å². The zero-order valence-corrected chi connectivity index (χ0v) is 8.83. The summed E-state index contributed by atoms with van der Waals surface area (Å²) in [6, 6.07) is 0.0578. The number of rotatable bonds is 5. The van der Waals surface area contributed by atoms with Gasteiger partial charge in [0, 0.05) is 19.4 Å². The Balaban J connectivity index is 2.72. The molecule has 0 aliphatic heterocycles. The molecule has 0 saturated heterocycles. The zero-order chi connectivity index (χ0) is 10.6. The number of nitrogens with zero attached hydrogens (tertiary/aromatic N) is 2. The maximum absolute atomic E-state index is 5.49. The standard InChI is InChI=1S/C10H18N4/c1-4-8(2)7-9(13-11)10-12-5-6-14(10)3/h5-6,9,13H,2,4,7,11H2,1,3H3. The number of aryl methyl sites for hydroxylation is 1. The van der Waals surface area contributed by atoms with Gasteiger partial charge in [-0.15, -0.1) is 0 Å². The number of hydrogen-bond acceptors (Lipinski definition) is 3. The summed E-state index contributed by atoms with van der Waals surface area (Å²) >= 11 is 0. The number of hydrogen-bond donors (Lipinski definition) is 2. The summed E-state index contributed by atoms with van der Waals surface area (Å²) in [6.07, 6.45) is 5.49. The van der Waals surface area contributed by atoms with E-state index in [4.69, 9.17) is 5.84 Å². The predicted molar refractivity (Wildman–Crippen MR) is 57.3 cm³/mol. The van der Waals surface area contributed by atoms with Crippen LogP contribution in [0.15, 0.2) is 24.5 Å². The molecule has 1 aromatic heterocycles. The molecule has 1 rings (SSSR count). The van der Waals surface area contributed by atoms with Crippen molar-refractivity contribution < 1.29 is 0 Å². The molecule has 0 aliphatic carbocycles. The molecule has 78 valence electrons. The summed E-state index contributed by atoms with van der Waals surface area (Å²) in [5.74, 6) is 6.44. The fraction of sp³-hybridized carbons (Fsp3) is 0.500. The van der Waals surface area contributed by atoms with Crippen LogP contribution in [0.1, 0.15) is 31.6 Å². The Morgan fingerprint density at radius 3 is 2.93 bits per heavy atom. The molecule has 0 bridgehead atoms. The van der Waals surface area contributed by atoms with E-state index in [1.165, 1.54) is 5.57 Å². The highest BCUT2D eigenvalue weighted by Crippen LogP contribution is 2.18. The van der Waals surface area contributed by atoms with Gasteiger partial charge in [0.2, 0.25) is 0 Å². The van der Waals surface area contributed by atoms with Crippen LogP contribution in [0, 0.1) is 0 Å². The smallest absolute Gasteiger partial charge is 0.127 e. The fourth-order valence-electron chi connectivity index (χ4n) is 1.37. The lowest BCUT2D eigenvalue weighted by Gasteiger charge is -2.16. The van der Waals surface area contributed by atoms with Crippen molar-refractivity contribution in [2.75, 3.05) is 0 Å². The molecule has 0 aliphatic rings. The third kappa shape index (κ3) is 2.43. The third-order valence-corrected chi connectivity index (χ3v) is 2.36. The molecule has 3 N–H and O–H groups in total. The molecule has 4 heteroatoms. The maximum atomic E-state index is 5.49. The Kier molecular flexibility index (Phi) is 3.85. The SMILES string of the molecule is C=C(CC)CC(NN)c1nccn1C. The second-order valence-electron chi connectivity index (χ2n) is 3.42. The van der Waals surface area contributed by atoms with Crippen molar-refractivity contribution in [1.29, 1.82) is 0 Å². The lowest BCUT2D eigenvalue weighted by Crippen LogP contribution is -2.30. The van der Waals surface area contributed by atoms with E-state index in [0.29, 0.717) is 0 Å². The first-order chi connectivity index (χ1) is 6.69. The van der Waals surface area contributed by atoms with Gasteiger partial charge < -0.3 is 4.57 Å². The van der Waals surface area contributed by atoms with Crippen LogP contribution in [0.2, 0.25) is 0 Å². The van der Waals surface area contributed by atoms with Crippen molar-refractivity contribution in [3.63, 3.8) is 0 Å². The van der Waals surface area contributed by atoms with Crippen molar-refractivity contribution in [3.8, 4) is 0 Å². The molecule has 1 atom stereocenters. The summed E-state index contributed by atoms with van der Waals surface area (Å²) in [4.78, 5) is 4.25. The summed E-state index contributed by atoms with van der Waals surface area (Å²) in [5.41, 5.74) is 3.94. The zero-order valence-electron chi connectivity index (χ0n) is 8.83. The van der Waals surface area contributed by atoms with E-state index < -0.39 is 0 Å². The fourth-order valence-corrected chi connectivity index (χ4v) is 1.37. The molecule has 0 radical (unpaired) electrons. The van der Waals surface area contributed by atoms with Gasteiger partial charge in [0.05, 0.1) is 6.04 Å². The van der Waals surface area contributed by atoms with Crippen molar-refractivity contribution in [1.82, 2.24) is 15.0 Å². The lowest BCUT2D eigenvalue weighted by atomic mass is 10.1. The van der Waals surface area contributed by atoms with Gasteiger partial charge in [-0.25, -0.2) is 10.4 Å². The van der Waals surface area contributed by atoms with Gasteiger partial charge in [-0.3, -0.25) is 5.84 Å². The largest absolute Gasteiger partial charge is 0.337 e. The summed E-state index contributed by atoms with van der Waals surface area (Å²) in [5, 5.41) is 0. The minimum Gasteiger partial charge on any atom is -0.337 e. The normalized spacial score (nSPS) is 12.8. The van der Waals surface area contributed by atoms with Gasteiger partial charge in [0.1, 0.15) is 5.82 Å². The highest BCUT2D eigenvalue weighted by Gasteiger charge is 2.14. The second-order valence-corrected chi connectivity index (χ2v) is 3.42. The Morgan fingerprint density at radius 2 is 2.50 bits per heavy atom. The molecular weight excluding hydrogens is 176 g/mol. The first kappa shape index (κ1) is 10.9. The Labute approximate surface area is 84.8 Å². The Hall–Kier alpha value is -1.13. The van der Waals surface area contributed by atoms with Gasteiger partial charge in [0.15, 0.2) is 0 Å². The number of aromatic nitrogens is 2. The van der Waals surface area contributed by atoms with E-state index in [0.717, 1.165) is 18.7 Å². The van der Waals surface area contributed by atoms with E-state index in [2.05, 4.69) is 23.9 Å². The topological polar surface area (TPSA) is 55.9 Å². The molecule has 0 fully saturated rings. The summed E-state index contributed by atoms with van der Waals surface area (Å²) in [7, 11) is 1.96. The molecule has 0 amide bonds. The first-order valence-corrected chi connectivity index (χ1v) is 4.79. The molecule has 0 spiro atoms. The van der Waals surface area contributed by atoms with E-state index in [9.17, 15) is 0 Å². The van der Waals surface area contributed by atoms with Crippen LogP contribution < -0.4 is 11.3 Å². The van der Waals surface area contributed by atoms with Crippen LogP contribution in [0.25, 0.3) is 0 Å². The van der Waals surface area contributed by atoms with Crippen molar-refractivity contribution in [3.05, 3.63) is 30.4 Å². The molecule has 4 nitrogen and oxygen atoms in total. The molecule has 0 aromatic carbocycles. The van der Waals surface area contributed by atoms with E-state index in [-0.39, 0.29) is 6.04 Å². The van der Waals surface area contributed by atoms with Gasteiger partial charge in [-0.05, 0) is 12.8 Å². The number of nitrogens with two attached hydrogens (primary N) is 1. The molecule has 0 saturated carbocycles. The van der Waals surface area contributed by atoms with E-state index in [1.54, 1.807) is 6.20 Å². The van der Waals surface area contributed by atoms with Crippen LogP contribution in [-0.4, -0.2) is 9.55 Å². The minimum atomic E-state index is 0.0578. The monoisotopic (exact) mass is 194 g/mol. The molecule has 1 unspecified atom stereocenters. The molecule has 14 heavy (non-hydrogen) atoms. The predicted octanol–water partition coefficient (Wildman–Crippen LogP) is 1.28.